The molecule has 0 aliphatic heterocycles. The highest BCUT2D eigenvalue weighted by molar-refractivity contribution is 7.98. The summed E-state index contributed by atoms with van der Waals surface area (Å²) in [5.74, 6) is -1.28. The zero-order valence-electron chi connectivity index (χ0n) is 11.7. The van der Waals surface area contributed by atoms with E-state index in [1.54, 1.807) is 26.0 Å². The van der Waals surface area contributed by atoms with Crippen molar-refractivity contribution in [2.75, 3.05) is 12.8 Å². The topological polar surface area (TPSA) is 66.4 Å². The smallest absolute Gasteiger partial charge is 0.311 e. The quantitative estimate of drug-likeness (QED) is 0.791. The number of hydrogen-bond acceptors (Lipinski definition) is 3. The average Bonchev–Trinajstić information content (AvgIpc) is 2.44. The predicted octanol–water partition coefficient (Wildman–Crippen LogP) is 3.29. The molecule has 0 saturated heterocycles. The molecule has 0 bridgehead atoms. The van der Waals surface area contributed by atoms with Gasteiger partial charge in [0.2, 0.25) is 0 Å². The van der Waals surface area contributed by atoms with E-state index in [9.17, 15) is 14.7 Å². The average molecular weight is 316 g/mol. The van der Waals surface area contributed by atoms with Crippen LogP contribution in [0.5, 0.6) is 0 Å². The van der Waals surface area contributed by atoms with Crippen molar-refractivity contribution >= 4 is 35.2 Å². The van der Waals surface area contributed by atoms with E-state index in [0.29, 0.717) is 17.0 Å². The van der Waals surface area contributed by atoms with Gasteiger partial charge >= 0.3 is 5.97 Å². The van der Waals surface area contributed by atoms with Crippen LogP contribution in [0.25, 0.3) is 0 Å². The molecule has 110 valence electrons. The standard InChI is InChI=1S/C14H18ClNO3S/c1-4-14(2,13(18)19)8-16-12(17)10-7-9(20-3)5-6-11(10)15/h5-7H,4,8H2,1-3H3,(H,16,17)(H,18,19). The van der Waals surface area contributed by atoms with Gasteiger partial charge < -0.3 is 10.4 Å². The number of carbonyl (C=O) groups is 2. The number of halogens is 1. The van der Waals surface area contributed by atoms with Gasteiger partial charge in [0.25, 0.3) is 5.91 Å². The zero-order chi connectivity index (χ0) is 15.3. The van der Waals surface area contributed by atoms with E-state index in [-0.39, 0.29) is 12.5 Å². The fourth-order valence-electron chi connectivity index (χ4n) is 1.53. The lowest BCUT2D eigenvalue weighted by atomic mass is 9.87. The van der Waals surface area contributed by atoms with Gasteiger partial charge in [-0.05, 0) is 37.8 Å². The summed E-state index contributed by atoms with van der Waals surface area (Å²) in [7, 11) is 0. The van der Waals surface area contributed by atoms with Crippen molar-refractivity contribution in [1.29, 1.82) is 0 Å². The van der Waals surface area contributed by atoms with Gasteiger partial charge in [-0.25, -0.2) is 0 Å². The van der Waals surface area contributed by atoms with Crippen LogP contribution in [0.2, 0.25) is 5.02 Å². The van der Waals surface area contributed by atoms with Crippen molar-refractivity contribution in [3.8, 4) is 0 Å². The predicted molar refractivity (Wildman–Crippen MR) is 81.6 cm³/mol. The molecule has 0 fully saturated rings. The number of carboxylic acids is 1. The lowest BCUT2D eigenvalue weighted by molar-refractivity contribution is -0.147. The van der Waals surface area contributed by atoms with Gasteiger partial charge in [-0.3, -0.25) is 9.59 Å². The summed E-state index contributed by atoms with van der Waals surface area (Å²) in [4.78, 5) is 24.2. The summed E-state index contributed by atoms with van der Waals surface area (Å²) in [6.45, 7) is 3.45. The van der Waals surface area contributed by atoms with E-state index in [1.165, 1.54) is 11.8 Å². The Hall–Kier alpha value is -1.20. The van der Waals surface area contributed by atoms with Gasteiger partial charge in [0.1, 0.15) is 0 Å². The van der Waals surface area contributed by atoms with Crippen LogP contribution in [0.4, 0.5) is 0 Å². The Labute approximate surface area is 127 Å². The van der Waals surface area contributed by atoms with Crippen LogP contribution in [-0.2, 0) is 4.79 Å². The van der Waals surface area contributed by atoms with E-state index in [2.05, 4.69) is 5.32 Å². The van der Waals surface area contributed by atoms with Crippen LogP contribution in [0.15, 0.2) is 23.1 Å². The van der Waals surface area contributed by atoms with Crippen LogP contribution in [0.3, 0.4) is 0 Å². The summed E-state index contributed by atoms with van der Waals surface area (Å²) in [5, 5.41) is 12.2. The fourth-order valence-corrected chi connectivity index (χ4v) is 2.17. The van der Waals surface area contributed by atoms with E-state index < -0.39 is 11.4 Å². The van der Waals surface area contributed by atoms with Gasteiger partial charge in [0.05, 0.1) is 16.0 Å². The molecule has 0 saturated carbocycles. The van der Waals surface area contributed by atoms with E-state index in [4.69, 9.17) is 11.6 Å². The third-order valence-corrected chi connectivity index (χ3v) is 4.41. The van der Waals surface area contributed by atoms with Gasteiger partial charge in [-0.15, -0.1) is 11.8 Å². The summed E-state index contributed by atoms with van der Waals surface area (Å²) >= 11 is 7.52. The second kappa shape index (κ2) is 6.99. The zero-order valence-corrected chi connectivity index (χ0v) is 13.3. The Kier molecular flexibility index (Phi) is 5.89. The van der Waals surface area contributed by atoms with Crippen molar-refractivity contribution in [2.45, 2.75) is 25.2 Å². The molecular weight excluding hydrogens is 298 g/mol. The van der Waals surface area contributed by atoms with E-state index in [0.717, 1.165) is 4.90 Å². The van der Waals surface area contributed by atoms with Gasteiger partial charge in [-0.1, -0.05) is 18.5 Å². The van der Waals surface area contributed by atoms with Crippen LogP contribution in [0.1, 0.15) is 30.6 Å². The number of aliphatic carboxylic acids is 1. The van der Waals surface area contributed by atoms with Crippen molar-refractivity contribution in [3.63, 3.8) is 0 Å². The number of carboxylic acid groups (broad SMARTS) is 1. The molecule has 0 heterocycles. The molecule has 1 amide bonds. The highest BCUT2D eigenvalue weighted by Crippen LogP contribution is 2.24. The first-order valence-corrected chi connectivity index (χ1v) is 7.79. The number of hydrogen-bond donors (Lipinski definition) is 2. The SMILES string of the molecule is CCC(C)(CNC(=O)c1cc(SC)ccc1Cl)C(=O)O. The maximum absolute atomic E-state index is 12.1. The third kappa shape index (κ3) is 3.90. The lowest BCUT2D eigenvalue weighted by Gasteiger charge is -2.23. The molecule has 20 heavy (non-hydrogen) atoms. The number of thioether (sulfide) groups is 1. The molecule has 1 aromatic carbocycles. The molecule has 1 atom stereocenters. The summed E-state index contributed by atoms with van der Waals surface area (Å²) < 4.78 is 0. The number of benzene rings is 1. The van der Waals surface area contributed by atoms with Crippen molar-refractivity contribution < 1.29 is 14.7 Å². The molecule has 0 aromatic heterocycles. The minimum Gasteiger partial charge on any atom is -0.481 e. The van der Waals surface area contributed by atoms with Gasteiger partial charge in [-0.2, -0.15) is 0 Å². The Morgan fingerprint density at radius 3 is 2.60 bits per heavy atom. The summed E-state index contributed by atoms with van der Waals surface area (Å²) in [5.41, 5.74) is -0.610. The maximum atomic E-state index is 12.1. The van der Waals surface area contributed by atoms with Gasteiger partial charge in [0, 0.05) is 11.4 Å². The second-order valence-electron chi connectivity index (χ2n) is 4.75. The molecule has 2 N–H and O–H groups in total. The second-order valence-corrected chi connectivity index (χ2v) is 6.03. The number of carbonyl (C=O) groups excluding carboxylic acids is 1. The van der Waals surface area contributed by atoms with Crippen molar-refractivity contribution in [2.24, 2.45) is 5.41 Å². The lowest BCUT2D eigenvalue weighted by Crippen LogP contribution is -2.40. The first-order valence-electron chi connectivity index (χ1n) is 6.19. The van der Waals surface area contributed by atoms with E-state index >= 15 is 0 Å². The van der Waals surface area contributed by atoms with Crippen LogP contribution < -0.4 is 5.32 Å². The monoisotopic (exact) mass is 315 g/mol. The highest BCUT2D eigenvalue weighted by atomic mass is 35.5. The fraction of sp³-hybridized carbons (Fsp3) is 0.429. The Morgan fingerprint density at radius 2 is 2.10 bits per heavy atom. The molecular formula is C14H18ClNO3S. The molecule has 0 radical (unpaired) electrons. The first-order chi connectivity index (χ1) is 9.34. The number of rotatable bonds is 6. The molecule has 1 rings (SSSR count). The van der Waals surface area contributed by atoms with Crippen LogP contribution in [0, 0.1) is 5.41 Å². The Balaban J connectivity index is 2.84. The largest absolute Gasteiger partial charge is 0.481 e. The summed E-state index contributed by atoms with van der Waals surface area (Å²) in [6, 6.07) is 5.20. The molecule has 1 unspecified atom stereocenters. The first kappa shape index (κ1) is 16.9. The third-order valence-electron chi connectivity index (χ3n) is 3.35. The molecule has 4 nitrogen and oxygen atoms in total. The van der Waals surface area contributed by atoms with E-state index in [1.807, 2.05) is 12.3 Å². The Bertz CT molecular complexity index is 521. The van der Waals surface area contributed by atoms with Gasteiger partial charge in [0.15, 0.2) is 0 Å². The summed E-state index contributed by atoms with van der Waals surface area (Å²) in [6.07, 6.45) is 2.34. The normalized spacial score (nSPS) is 13.6. The minimum atomic E-state index is -0.973. The Morgan fingerprint density at radius 1 is 1.45 bits per heavy atom. The molecule has 6 heteroatoms. The molecule has 1 aromatic rings. The molecule has 0 spiro atoms. The number of amides is 1. The number of nitrogens with one attached hydrogen (secondary N) is 1. The van der Waals surface area contributed by atoms with Crippen molar-refractivity contribution in [1.82, 2.24) is 5.32 Å². The van der Waals surface area contributed by atoms with Crippen LogP contribution >= 0.6 is 23.4 Å². The maximum Gasteiger partial charge on any atom is 0.311 e. The van der Waals surface area contributed by atoms with Crippen LogP contribution in [-0.4, -0.2) is 29.8 Å². The minimum absolute atomic E-state index is 0.0670. The highest BCUT2D eigenvalue weighted by Gasteiger charge is 2.31. The molecule has 0 aliphatic rings. The molecule has 0 aliphatic carbocycles. The van der Waals surface area contributed by atoms with Crippen molar-refractivity contribution in [3.05, 3.63) is 28.8 Å².